The fraction of sp³-hybridized carbons (Fsp3) is 0.125. The fourth-order valence-electron chi connectivity index (χ4n) is 2.20. The fourth-order valence-corrected chi connectivity index (χ4v) is 2.91. The van der Waals surface area contributed by atoms with Crippen molar-refractivity contribution in [2.75, 3.05) is 0 Å². The van der Waals surface area contributed by atoms with E-state index in [9.17, 15) is 22.4 Å². The van der Waals surface area contributed by atoms with Crippen molar-refractivity contribution in [3.8, 4) is 0 Å². The highest BCUT2D eigenvalue weighted by Gasteiger charge is 2.31. The minimum atomic E-state index is -4.64. The lowest BCUT2D eigenvalue weighted by Gasteiger charge is -2.10. The summed E-state index contributed by atoms with van der Waals surface area (Å²) in [5.74, 6) is -1.46. The van der Waals surface area contributed by atoms with Crippen LogP contribution in [-0.2, 0) is 12.7 Å². The minimum absolute atomic E-state index is 0.0366. The van der Waals surface area contributed by atoms with Crippen LogP contribution in [0.4, 0.5) is 17.6 Å². The van der Waals surface area contributed by atoms with Crippen LogP contribution in [0.3, 0.4) is 0 Å². The first kappa shape index (κ1) is 16.4. The largest absolute Gasteiger partial charge is 0.416 e. The molecular formula is C16H10F4N2OS. The van der Waals surface area contributed by atoms with Crippen molar-refractivity contribution in [3.05, 3.63) is 64.4 Å². The van der Waals surface area contributed by atoms with Crippen LogP contribution < -0.4 is 5.32 Å². The summed E-state index contributed by atoms with van der Waals surface area (Å²) in [4.78, 5) is 16.2. The summed E-state index contributed by atoms with van der Waals surface area (Å²) >= 11 is 1.37. The van der Waals surface area contributed by atoms with E-state index in [1.807, 2.05) is 0 Å². The number of amides is 1. The zero-order valence-corrected chi connectivity index (χ0v) is 12.8. The van der Waals surface area contributed by atoms with Crippen LogP contribution in [0.5, 0.6) is 0 Å². The predicted molar refractivity (Wildman–Crippen MR) is 82.2 cm³/mol. The number of fused-ring (bicyclic) bond motifs is 1. The van der Waals surface area contributed by atoms with Crippen LogP contribution in [0.15, 0.2) is 41.9 Å². The molecule has 0 spiro atoms. The van der Waals surface area contributed by atoms with Crippen LogP contribution in [0.25, 0.3) is 10.2 Å². The Hall–Kier alpha value is -2.48. The molecule has 0 saturated heterocycles. The molecule has 3 rings (SSSR count). The molecule has 1 amide bonds. The van der Waals surface area contributed by atoms with Crippen molar-refractivity contribution in [1.29, 1.82) is 0 Å². The minimum Gasteiger partial charge on any atom is -0.348 e. The Morgan fingerprint density at radius 3 is 2.71 bits per heavy atom. The van der Waals surface area contributed by atoms with E-state index in [0.29, 0.717) is 11.6 Å². The molecule has 0 unspecified atom stereocenters. The second-order valence-corrected chi connectivity index (χ2v) is 5.95. The van der Waals surface area contributed by atoms with Crippen LogP contribution in [0, 0.1) is 5.82 Å². The standard InChI is InChI=1S/C16H10F4N2OS/c17-12-4-9(3-11(6-12)16(18,19)20)7-21-15(23)10-1-2-13-14(5-10)24-8-22-13/h1-6,8H,7H2,(H,21,23). The SMILES string of the molecule is O=C(NCc1cc(F)cc(C(F)(F)F)c1)c1ccc2ncsc2c1. The smallest absolute Gasteiger partial charge is 0.348 e. The maximum atomic E-state index is 13.3. The van der Waals surface area contributed by atoms with E-state index < -0.39 is 23.5 Å². The molecule has 124 valence electrons. The number of carbonyl (C=O) groups is 1. The maximum Gasteiger partial charge on any atom is 0.416 e. The van der Waals surface area contributed by atoms with Crippen LogP contribution >= 0.6 is 11.3 Å². The van der Waals surface area contributed by atoms with E-state index in [0.717, 1.165) is 22.3 Å². The number of thiazole rings is 1. The van der Waals surface area contributed by atoms with Gasteiger partial charge in [0, 0.05) is 12.1 Å². The van der Waals surface area contributed by atoms with Crippen molar-refractivity contribution >= 4 is 27.5 Å². The number of rotatable bonds is 3. The predicted octanol–water partition coefficient (Wildman–Crippen LogP) is 4.38. The molecule has 0 radical (unpaired) electrons. The second kappa shape index (κ2) is 6.20. The molecule has 1 N–H and O–H groups in total. The molecule has 2 aromatic carbocycles. The van der Waals surface area contributed by atoms with Crippen LogP contribution in [0.2, 0.25) is 0 Å². The Labute approximate surface area is 137 Å². The van der Waals surface area contributed by atoms with Gasteiger partial charge in [0.1, 0.15) is 5.82 Å². The highest BCUT2D eigenvalue weighted by atomic mass is 32.1. The normalized spacial score (nSPS) is 11.7. The van der Waals surface area contributed by atoms with Gasteiger partial charge in [-0.3, -0.25) is 4.79 Å². The number of hydrogen-bond donors (Lipinski definition) is 1. The van der Waals surface area contributed by atoms with Gasteiger partial charge in [-0.1, -0.05) is 0 Å². The Morgan fingerprint density at radius 2 is 1.96 bits per heavy atom. The molecule has 0 aliphatic heterocycles. The number of benzene rings is 2. The van der Waals surface area contributed by atoms with E-state index in [-0.39, 0.29) is 12.1 Å². The molecule has 0 fully saturated rings. The number of hydrogen-bond acceptors (Lipinski definition) is 3. The first-order valence-electron chi connectivity index (χ1n) is 6.81. The first-order valence-corrected chi connectivity index (χ1v) is 7.69. The molecule has 0 aliphatic rings. The van der Waals surface area contributed by atoms with Gasteiger partial charge in [0.15, 0.2) is 0 Å². The van der Waals surface area contributed by atoms with Gasteiger partial charge in [0.25, 0.3) is 5.91 Å². The van der Waals surface area contributed by atoms with E-state index in [1.165, 1.54) is 11.3 Å². The quantitative estimate of drug-likeness (QED) is 0.709. The summed E-state index contributed by atoms with van der Waals surface area (Å²) in [6.45, 7) is -0.208. The molecule has 3 nitrogen and oxygen atoms in total. The molecule has 3 aromatic rings. The topological polar surface area (TPSA) is 42.0 Å². The second-order valence-electron chi connectivity index (χ2n) is 5.06. The Kier molecular flexibility index (Phi) is 4.23. The average molecular weight is 354 g/mol. The Bertz CT molecular complexity index is 904. The van der Waals surface area contributed by atoms with Crippen molar-refractivity contribution in [2.24, 2.45) is 0 Å². The number of nitrogens with one attached hydrogen (secondary N) is 1. The molecular weight excluding hydrogens is 344 g/mol. The van der Waals surface area contributed by atoms with Gasteiger partial charge in [-0.25, -0.2) is 9.37 Å². The first-order chi connectivity index (χ1) is 11.3. The van der Waals surface area contributed by atoms with E-state index >= 15 is 0 Å². The highest BCUT2D eigenvalue weighted by molar-refractivity contribution is 7.16. The maximum absolute atomic E-state index is 13.3. The molecule has 0 aliphatic carbocycles. The summed E-state index contributed by atoms with van der Waals surface area (Å²) in [5.41, 5.74) is 1.72. The third-order valence-corrected chi connectivity index (χ3v) is 4.12. The lowest BCUT2D eigenvalue weighted by Crippen LogP contribution is -2.23. The summed E-state index contributed by atoms with van der Waals surface area (Å²) in [7, 11) is 0. The molecule has 8 heteroatoms. The molecule has 0 bridgehead atoms. The van der Waals surface area contributed by atoms with Crippen LogP contribution in [0.1, 0.15) is 21.5 Å². The van der Waals surface area contributed by atoms with E-state index in [1.54, 1.807) is 23.7 Å². The van der Waals surface area contributed by atoms with Gasteiger partial charge in [-0.2, -0.15) is 13.2 Å². The van der Waals surface area contributed by atoms with E-state index in [4.69, 9.17) is 0 Å². The Morgan fingerprint density at radius 1 is 1.17 bits per heavy atom. The van der Waals surface area contributed by atoms with Gasteiger partial charge in [0.2, 0.25) is 0 Å². The number of alkyl halides is 3. The zero-order chi connectivity index (χ0) is 17.3. The lowest BCUT2D eigenvalue weighted by atomic mass is 10.1. The molecule has 1 heterocycles. The van der Waals surface area contributed by atoms with Crippen LogP contribution in [-0.4, -0.2) is 10.9 Å². The summed E-state index contributed by atoms with van der Waals surface area (Å²) in [6.07, 6.45) is -4.64. The van der Waals surface area contributed by atoms with Crippen molar-refractivity contribution < 1.29 is 22.4 Å². The van der Waals surface area contributed by atoms with Gasteiger partial charge >= 0.3 is 6.18 Å². The third-order valence-electron chi connectivity index (χ3n) is 3.33. The average Bonchev–Trinajstić information content (AvgIpc) is 2.98. The molecule has 0 saturated carbocycles. The summed E-state index contributed by atoms with van der Waals surface area (Å²) in [6, 6.07) is 7.10. The third kappa shape index (κ3) is 3.53. The summed E-state index contributed by atoms with van der Waals surface area (Å²) in [5, 5.41) is 2.49. The number of aromatic nitrogens is 1. The van der Waals surface area contributed by atoms with Gasteiger partial charge in [0.05, 0.1) is 21.3 Å². The van der Waals surface area contributed by atoms with Crippen molar-refractivity contribution in [3.63, 3.8) is 0 Å². The molecule has 1 aromatic heterocycles. The Balaban J connectivity index is 1.75. The monoisotopic (exact) mass is 354 g/mol. The van der Waals surface area contributed by atoms with Gasteiger partial charge in [-0.15, -0.1) is 11.3 Å². The molecule has 0 atom stereocenters. The zero-order valence-electron chi connectivity index (χ0n) is 12.0. The highest BCUT2D eigenvalue weighted by Crippen LogP contribution is 2.30. The number of carbonyl (C=O) groups excluding carboxylic acids is 1. The van der Waals surface area contributed by atoms with Gasteiger partial charge < -0.3 is 5.32 Å². The number of nitrogens with zero attached hydrogens (tertiary/aromatic N) is 1. The van der Waals surface area contributed by atoms with Crippen molar-refractivity contribution in [2.45, 2.75) is 12.7 Å². The lowest BCUT2D eigenvalue weighted by molar-refractivity contribution is -0.137. The number of halogens is 4. The van der Waals surface area contributed by atoms with E-state index in [2.05, 4.69) is 10.3 Å². The van der Waals surface area contributed by atoms with Gasteiger partial charge in [-0.05, 0) is 42.0 Å². The summed E-state index contributed by atoms with van der Waals surface area (Å²) < 4.78 is 52.2. The molecule has 24 heavy (non-hydrogen) atoms. The van der Waals surface area contributed by atoms with Crippen molar-refractivity contribution in [1.82, 2.24) is 10.3 Å².